The number of carbonyl (C=O) groups excluding carboxylic acids is 2. The summed E-state index contributed by atoms with van der Waals surface area (Å²) in [5, 5.41) is 20.6. The highest BCUT2D eigenvalue weighted by atomic mass is 32.2. The lowest BCUT2D eigenvalue weighted by Crippen LogP contribution is -2.44. The lowest BCUT2D eigenvalue weighted by Gasteiger charge is -2.12. The topological polar surface area (TPSA) is 122 Å². The Morgan fingerprint density at radius 1 is 1.07 bits per heavy atom. The van der Waals surface area contributed by atoms with Crippen LogP contribution in [0.2, 0.25) is 0 Å². The van der Waals surface area contributed by atoms with Crippen LogP contribution < -0.4 is 10.9 Å². The molecule has 2 amide bonds. The number of phenols is 1. The van der Waals surface area contributed by atoms with E-state index in [1.807, 2.05) is 0 Å². The van der Waals surface area contributed by atoms with Crippen molar-refractivity contribution in [2.45, 2.75) is 17.3 Å². The quantitative estimate of drug-likeness (QED) is 0.448. The Hall–Kier alpha value is -3.40. The van der Waals surface area contributed by atoms with Crippen molar-refractivity contribution in [3.05, 3.63) is 60.2 Å². The number of phenolic OH excluding ortho intramolecular Hbond substituents is 1. The van der Waals surface area contributed by atoms with Crippen LogP contribution in [0.25, 0.3) is 5.69 Å². The van der Waals surface area contributed by atoms with Crippen LogP contribution in [-0.2, 0) is 4.79 Å². The Balaban J connectivity index is 1.60. The average molecular weight is 384 g/mol. The molecule has 0 aliphatic rings. The third-order valence-electron chi connectivity index (χ3n) is 3.52. The third kappa shape index (κ3) is 4.61. The smallest absolute Gasteiger partial charge is 0.269 e. The maximum absolute atomic E-state index is 12.2. The molecular weight excluding hydrogens is 368 g/mol. The molecule has 3 rings (SSSR count). The van der Waals surface area contributed by atoms with Crippen LogP contribution >= 0.6 is 11.8 Å². The second-order valence-corrected chi connectivity index (χ2v) is 6.77. The number of carbonyl (C=O) groups is 2. The zero-order valence-corrected chi connectivity index (χ0v) is 15.1. The number of hydrazine groups is 1. The van der Waals surface area contributed by atoms with E-state index < -0.39 is 17.1 Å². The fourth-order valence-electron chi connectivity index (χ4n) is 2.10. The second kappa shape index (κ2) is 8.32. The molecule has 1 heterocycles. The van der Waals surface area contributed by atoms with Gasteiger partial charge in [-0.1, -0.05) is 30.0 Å². The van der Waals surface area contributed by atoms with Gasteiger partial charge in [-0.05, 0) is 53.7 Å². The summed E-state index contributed by atoms with van der Waals surface area (Å²) in [4.78, 5) is 24.2. The van der Waals surface area contributed by atoms with E-state index in [9.17, 15) is 14.7 Å². The van der Waals surface area contributed by atoms with Gasteiger partial charge in [0.15, 0.2) is 0 Å². The molecule has 0 saturated heterocycles. The molecule has 3 N–H and O–H groups in total. The van der Waals surface area contributed by atoms with Gasteiger partial charge < -0.3 is 5.11 Å². The first-order valence-electron chi connectivity index (χ1n) is 7.94. The number of rotatable bonds is 5. The summed E-state index contributed by atoms with van der Waals surface area (Å²) >= 11 is 1.13. The summed E-state index contributed by atoms with van der Waals surface area (Å²) in [6, 6.07) is 14.9. The predicted octanol–water partition coefficient (Wildman–Crippen LogP) is 1.31. The van der Waals surface area contributed by atoms with Gasteiger partial charge in [0.1, 0.15) is 5.75 Å². The minimum Gasteiger partial charge on any atom is -0.508 e. The van der Waals surface area contributed by atoms with E-state index >= 15 is 0 Å². The van der Waals surface area contributed by atoms with Gasteiger partial charge in [-0.15, -0.1) is 5.10 Å². The van der Waals surface area contributed by atoms with Gasteiger partial charge in [0, 0.05) is 5.56 Å². The molecule has 0 radical (unpaired) electrons. The molecule has 1 aromatic heterocycles. The molecule has 2 aromatic carbocycles. The fourth-order valence-corrected chi connectivity index (χ4v) is 2.91. The minimum absolute atomic E-state index is 0.128. The number of benzene rings is 2. The number of nitrogens with zero attached hydrogens (tertiary/aromatic N) is 4. The highest BCUT2D eigenvalue weighted by molar-refractivity contribution is 8.00. The van der Waals surface area contributed by atoms with E-state index in [0.717, 1.165) is 11.8 Å². The summed E-state index contributed by atoms with van der Waals surface area (Å²) in [6.45, 7) is 1.67. The molecule has 10 heteroatoms. The first kappa shape index (κ1) is 18.4. The molecule has 0 unspecified atom stereocenters. The Labute approximate surface area is 158 Å². The monoisotopic (exact) mass is 384 g/mol. The van der Waals surface area contributed by atoms with Crippen LogP contribution in [-0.4, -0.2) is 42.4 Å². The van der Waals surface area contributed by atoms with E-state index in [4.69, 9.17) is 0 Å². The molecule has 138 valence electrons. The van der Waals surface area contributed by atoms with Crippen molar-refractivity contribution in [2.24, 2.45) is 0 Å². The summed E-state index contributed by atoms with van der Waals surface area (Å²) in [5.74, 6) is -0.678. The predicted molar refractivity (Wildman–Crippen MR) is 98.2 cm³/mol. The van der Waals surface area contributed by atoms with Crippen LogP contribution in [0, 0.1) is 0 Å². The number of aromatic nitrogens is 4. The van der Waals surface area contributed by atoms with Crippen LogP contribution in [0.3, 0.4) is 0 Å². The molecule has 3 aromatic rings. The largest absolute Gasteiger partial charge is 0.508 e. The number of hydrogen-bond acceptors (Lipinski definition) is 7. The van der Waals surface area contributed by atoms with Crippen molar-refractivity contribution in [3.63, 3.8) is 0 Å². The van der Waals surface area contributed by atoms with Gasteiger partial charge in [-0.25, -0.2) is 0 Å². The highest BCUT2D eigenvalue weighted by Gasteiger charge is 2.20. The first-order chi connectivity index (χ1) is 13.0. The van der Waals surface area contributed by atoms with Crippen LogP contribution in [0.5, 0.6) is 5.75 Å². The maximum Gasteiger partial charge on any atom is 0.269 e. The Morgan fingerprint density at radius 2 is 1.78 bits per heavy atom. The van der Waals surface area contributed by atoms with Crippen molar-refractivity contribution in [2.75, 3.05) is 0 Å². The Kier molecular flexibility index (Phi) is 5.67. The standard InChI is InChI=1S/C17H16N6O3S/c1-11(15(25)18-19-16(26)12-5-3-2-4-6-12)27-17-20-21-22-23(17)13-7-9-14(24)10-8-13/h2-11,24H,1H3,(H,18,25)(H,19,26)/t11-/m1/s1. The number of thioether (sulfide) groups is 1. The van der Waals surface area contributed by atoms with Gasteiger partial charge in [-0.3, -0.25) is 20.4 Å². The number of nitrogens with one attached hydrogen (secondary N) is 2. The van der Waals surface area contributed by atoms with Crippen molar-refractivity contribution < 1.29 is 14.7 Å². The van der Waals surface area contributed by atoms with Crippen molar-refractivity contribution >= 4 is 23.6 Å². The number of amides is 2. The van der Waals surface area contributed by atoms with E-state index in [2.05, 4.69) is 26.4 Å². The maximum atomic E-state index is 12.2. The van der Waals surface area contributed by atoms with Gasteiger partial charge in [0.05, 0.1) is 10.9 Å². The minimum atomic E-state index is -0.567. The van der Waals surface area contributed by atoms with E-state index in [1.54, 1.807) is 49.4 Å². The molecule has 0 spiro atoms. The molecule has 0 bridgehead atoms. The zero-order chi connectivity index (χ0) is 19.2. The fraction of sp³-hybridized carbons (Fsp3) is 0.118. The lowest BCUT2D eigenvalue weighted by molar-refractivity contribution is -0.121. The highest BCUT2D eigenvalue weighted by Crippen LogP contribution is 2.23. The van der Waals surface area contributed by atoms with Crippen LogP contribution in [0.4, 0.5) is 0 Å². The number of hydrogen-bond donors (Lipinski definition) is 3. The van der Waals surface area contributed by atoms with Crippen molar-refractivity contribution in [1.82, 2.24) is 31.1 Å². The molecule has 0 aliphatic heterocycles. The Morgan fingerprint density at radius 3 is 2.48 bits per heavy atom. The number of aromatic hydroxyl groups is 1. The molecule has 0 saturated carbocycles. The van der Waals surface area contributed by atoms with Gasteiger partial charge in [0.2, 0.25) is 5.16 Å². The molecule has 1 atom stereocenters. The summed E-state index contributed by atoms with van der Waals surface area (Å²) in [5.41, 5.74) is 5.85. The van der Waals surface area contributed by atoms with E-state index in [0.29, 0.717) is 16.4 Å². The normalized spacial score (nSPS) is 11.6. The van der Waals surface area contributed by atoms with Crippen LogP contribution in [0.15, 0.2) is 59.8 Å². The van der Waals surface area contributed by atoms with Crippen molar-refractivity contribution in [1.29, 1.82) is 0 Å². The summed E-state index contributed by atoms with van der Waals surface area (Å²) < 4.78 is 1.45. The molecule has 27 heavy (non-hydrogen) atoms. The van der Waals surface area contributed by atoms with E-state index in [1.165, 1.54) is 16.8 Å². The summed E-state index contributed by atoms with van der Waals surface area (Å²) in [6.07, 6.45) is 0. The van der Waals surface area contributed by atoms with Gasteiger partial charge in [0.25, 0.3) is 11.8 Å². The van der Waals surface area contributed by atoms with Gasteiger partial charge >= 0.3 is 0 Å². The number of tetrazole rings is 1. The van der Waals surface area contributed by atoms with E-state index in [-0.39, 0.29) is 5.75 Å². The first-order valence-corrected chi connectivity index (χ1v) is 8.82. The third-order valence-corrected chi connectivity index (χ3v) is 4.55. The lowest BCUT2D eigenvalue weighted by atomic mass is 10.2. The van der Waals surface area contributed by atoms with Crippen molar-refractivity contribution in [3.8, 4) is 11.4 Å². The molecule has 0 aliphatic carbocycles. The molecule has 9 nitrogen and oxygen atoms in total. The Bertz CT molecular complexity index is 929. The van der Waals surface area contributed by atoms with Gasteiger partial charge in [-0.2, -0.15) is 4.68 Å². The van der Waals surface area contributed by atoms with Crippen LogP contribution in [0.1, 0.15) is 17.3 Å². The molecular formula is C17H16N6O3S. The second-order valence-electron chi connectivity index (χ2n) is 5.46. The zero-order valence-electron chi connectivity index (χ0n) is 14.2. The SMILES string of the molecule is C[C@@H](Sc1nnnn1-c1ccc(O)cc1)C(=O)NNC(=O)c1ccccc1. The molecule has 0 fully saturated rings. The average Bonchev–Trinajstić information content (AvgIpc) is 3.15. The summed E-state index contributed by atoms with van der Waals surface area (Å²) in [7, 11) is 0.